The fraction of sp³-hybridized carbons (Fsp3) is 0.286. The number of thiophene rings is 1. The summed E-state index contributed by atoms with van der Waals surface area (Å²) in [5.41, 5.74) is 3.62. The molecule has 3 rings (SSSR count). The van der Waals surface area contributed by atoms with Crippen molar-refractivity contribution >= 4 is 40.2 Å². The van der Waals surface area contributed by atoms with Crippen LogP contribution in [0.1, 0.15) is 26.9 Å². The van der Waals surface area contributed by atoms with E-state index in [-0.39, 0.29) is 0 Å². The minimum atomic E-state index is 0.320. The van der Waals surface area contributed by atoms with Crippen LogP contribution in [0, 0.1) is 13.8 Å². The number of rotatable bonds is 1. The van der Waals surface area contributed by atoms with Gasteiger partial charge in [0.25, 0.3) is 0 Å². The number of fused-ring (bicyclic) bond motifs is 1. The third kappa shape index (κ3) is 2.03. The van der Waals surface area contributed by atoms with Gasteiger partial charge in [-0.25, -0.2) is 0 Å². The Bertz CT molecular complexity index is 618. The molecule has 1 atom stereocenters. The van der Waals surface area contributed by atoms with Crippen LogP contribution in [-0.4, -0.2) is 0 Å². The molecule has 1 N–H and O–H groups in total. The number of hydrogen-bond acceptors (Lipinski definition) is 2. The van der Waals surface area contributed by atoms with Gasteiger partial charge in [0, 0.05) is 31.9 Å². The lowest BCUT2D eigenvalue weighted by Gasteiger charge is -2.10. The summed E-state index contributed by atoms with van der Waals surface area (Å²) in [5, 5.41) is 4.97. The van der Waals surface area contributed by atoms with Crippen LogP contribution in [0.25, 0.3) is 0 Å². The molecule has 1 aliphatic rings. The first-order valence-corrected chi connectivity index (χ1v) is 7.43. The van der Waals surface area contributed by atoms with Crippen LogP contribution in [0.15, 0.2) is 18.2 Å². The van der Waals surface area contributed by atoms with Crippen LogP contribution < -0.4 is 5.32 Å². The van der Waals surface area contributed by atoms with E-state index in [2.05, 4.69) is 25.2 Å². The molecule has 1 aromatic heterocycles. The lowest BCUT2D eigenvalue weighted by molar-refractivity contribution is 0.822. The number of hydrogen-bond donors (Lipinski definition) is 1. The molecule has 0 amide bonds. The molecule has 0 bridgehead atoms. The third-order valence-corrected chi connectivity index (χ3v) is 4.89. The van der Waals surface area contributed by atoms with Crippen LogP contribution >= 0.6 is 34.5 Å². The van der Waals surface area contributed by atoms with Crippen molar-refractivity contribution in [2.45, 2.75) is 26.3 Å². The van der Waals surface area contributed by atoms with Crippen molar-refractivity contribution in [2.24, 2.45) is 0 Å². The maximum Gasteiger partial charge on any atom is 0.0566 e. The highest BCUT2D eigenvalue weighted by atomic mass is 35.5. The van der Waals surface area contributed by atoms with Gasteiger partial charge in [-0.2, -0.15) is 0 Å². The summed E-state index contributed by atoms with van der Waals surface area (Å²) in [6.07, 6.45) is 0.933. The fourth-order valence-electron chi connectivity index (χ4n) is 2.57. The second-order valence-electron chi connectivity index (χ2n) is 4.68. The van der Waals surface area contributed by atoms with Crippen molar-refractivity contribution in [1.82, 2.24) is 0 Å². The summed E-state index contributed by atoms with van der Waals surface area (Å²) in [7, 11) is 0. The van der Waals surface area contributed by atoms with Crippen molar-refractivity contribution in [3.8, 4) is 0 Å². The summed E-state index contributed by atoms with van der Waals surface area (Å²) in [6.45, 7) is 4.32. The van der Waals surface area contributed by atoms with Crippen LogP contribution in [0.3, 0.4) is 0 Å². The standard InChI is InChI=1S/C14H13Cl2NS/c1-7-3-10(8(2)18-7)14-6-11-12(16)4-9(15)5-13(11)17-14/h3-5,14,17H,6H2,1-2H3. The summed E-state index contributed by atoms with van der Waals surface area (Å²) in [6, 6.07) is 6.36. The lowest BCUT2D eigenvalue weighted by atomic mass is 10.0. The molecule has 4 heteroatoms. The maximum absolute atomic E-state index is 6.25. The zero-order valence-electron chi connectivity index (χ0n) is 10.2. The summed E-state index contributed by atoms with van der Waals surface area (Å²) in [4.78, 5) is 2.73. The van der Waals surface area contributed by atoms with Crippen molar-refractivity contribution in [1.29, 1.82) is 0 Å². The van der Waals surface area contributed by atoms with Gasteiger partial charge in [0.1, 0.15) is 0 Å². The molecule has 0 saturated heterocycles. The minimum Gasteiger partial charge on any atom is -0.378 e. The SMILES string of the molecule is Cc1cc(C2Cc3c(Cl)cc(Cl)cc3N2)c(C)s1. The quantitative estimate of drug-likeness (QED) is 0.745. The van der Waals surface area contributed by atoms with Gasteiger partial charge in [-0.1, -0.05) is 23.2 Å². The van der Waals surface area contributed by atoms with E-state index in [4.69, 9.17) is 23.2 Å². The molecule has 2 heterocycles. The fourth-order valence-corrected chi connectivity index (χ4v) is 4.13. The van der Waals surface area contributed by atoms with Crippen molar-refractivity contribution < 1.29 is 0 Å². The Labute approximate surface area is 121 Å². The first-order valence-electron chi connectivity index (χ1n) is 5.86. The minimum absolute atomic E-state index is 0.320. The van der Waals surface area contributed by atoms with Gasteiger partial charge in [-0.05, 0) is 43.2 Å². The van der Waals surface area contributed by atoms with E-state index in [0.29, 0.717) is 11.1 Å². The molecule has 1 nitrogen and oxygen atoms in total. The number of aryl methyl sites for hydroxylation is 2. The van der Waals surface area contributed by atoms with E-state index in [0.717, 1.165) is 17.1 Å². The molecule has 94 valence electrons. The van der Waals surface area contributed by atoms with E-state index >= 15 is 0 Å². The highest BCUT2D eigenvalue weighted by Gasteiger charge is 2.26. The van der Waals surface area contributed by atoms with Gasteiger partial charge in [-0.3, -0.25) is 0 Å². The predicted molar refractivity (Wildman–Crippen MR) is 80.3 cm³/mol. The lowest BCUT2D eigenvalue weighted by Crippen LogP contribution is -2.05. The topological polar surface area (TPSA) is 12.0 Å². The Morgan fingerprint density at radius 1 is 1.22 bits per heavy atom. The molecule has 0 spiro atoms. The molecule has 18 heavy (non-hydrogen) atoms. The summed E-state index contributed by atoms with van der Waals surface area (Å²) in [5.74, 6) is 0. The smallest absolute Gasteiger partial charge is 0.0566 e. The molecule has 1 aliphatic heterocycles. The molecular formula is C14H13Cl2NS. The first-order chi connectivity index (χ1) is 8.54. The number of nitrogens with one attached hydrogen (secondary N) is 1. The van der Waals surface area contributed by atoms with Gasteiger partial charge in [-0.15, -0.1) is 11.3 Å². The van der Waals surface area contributed by atoms with Gasteiger partial charge in [0.15, 0.2) is 0 Å². The van der Waals surface area contributed by atoms with Crippen LogP contribution in [0.5, 0.6) is 0 Å². The Balaban J connectivity index is 1.98. The van der Waals surface area contributed by atoms with Crippen LogP contribution in [-0.2, 0) is 6.42 Å². The van der Waals surface area contributed by atoms with E-state index in [9.17, 15) is 0 Å². The normalized spacial score (nSPS) is 17.7. The average molecular weight is 298 g/mol. The first kappa shape index (κ1) is 12.3. The summed E-state index contributed by atoms with van der Waals surface area (Å²) >= 11 is 14.1. The molecule has 1 aromatic carbocycles. The molecular weight excluding hydrogens is 285 g/mol. The molecule has 0 radical (unpaired) electrons. The zero-order chi connectivity index (χ0) is 12.9. The van der Waals surface area contributed by atoms with E-state index in [1.165, 1.54) is 20.9 Å². The van der Waals surface area contributed by atoms with Gasteiger partial charge in [0.2, 0.25) is 0 Å². The average Bonchev–Trinajstić information content (AvgIpc) is 2.81. The largest absolute Gasteiger partial charge is 0.378 e. The van der Waals surface area contributed by atoms with Crippen LogP contribution in [0.2, 0.25) is 10.0 Å². The molecule has 2 aromatic rings. The van der Waals surface area contributed by atoms with Gasteiger partial charge >= 0.3 is 0 Å². The van der Waals surface area contributed by atoms with Crippen LogP contribution in [0.4, 0.5) is 5.69 Å². The van der Waals surface area contributed by atoms with E-state index in [1.807, 2.05) is 23.5 Å². The highest BCUT2D eigenvalue weighted by Crippen LogP contribution is 2.42. The second-order valence-corrected chi connectivity index (χ2v) is 6.99. The van der Waals surface area contributed by atoms with Gasteiger partial charge < -0.3 is 5.32 Å². The van der Waals surface area contributed by atoms with Crippen molar-refractivity contribution in [3.05, 3.63) is 49.1 Å². The number of benzene rings is 1. The third-order valence-electron chi connectivity index (χ3n) is 3.35. The highest BCUT2D eigenvalue weighted by molar-refractivity contribution is 7.12. The van der Waals surface area contributed by atoms with E-state index < -0.39 is 0 Å². The Morgan fingerprint density at radius 3 is 2.67 bits per heavy atom. The predicted octanol–water partition coefficient (Wildman–Crippen LogP) is 5.38. The number of anilines is 1. The second kappa shape index (κ2) is 4.44. The summed E-state index contributed by atoms with van der Waals surface area (Å²) < 4.78 is 0. The molecule has 0 fully saturated rings. The van der Waals surface area contributed by atoms with Crippen molar-refractivity contribution in [2.75, 3.05) is 5.32 Å². The maximum atomic E-state index is 6.25. The Kier molecular flexibility index (Phi) is 3.05. The van der Waals surface area contributed by atoms with Crippen molar-refractivity contribution in [3.63, 3.8) is 0 Å². The molecule has 0 saturated carbocycles. The van der Waals surface area contributed by atoms with Gasteiger partial charge in [0.05, 0.1) is 6.04 Å². The Hall–Kier alpha value is -0.700. The Morgan fingerprint density at radius 2 is 2.00 bits per heavy atom. The molecule has 0 aliphatic carbocycles. The number of halogens is 2. The zero-order valence-corrected chi connectivity index (χ0v) is 12.5. The monoisotopic (exact) mass is 297 g/mol. The molecule has 1 unspecified atom stereocenters. The van der Waals surface area contributed by atoms with E-state index in [1.54, 1.807) is 0 Å².